The lowest BCUT2D eigenvalue weighted by molar-refractivity contribution is -0.168. The third-order valence-corrected chi connectivity index (χ3v) is 3.44. The predicted octanol–water partition coefficient (Wildman–Crippen LogP) is 1.70. The molecule has 0 aliphatic rings. The predicted molar refractivity (Wildman–Crippen MR) is 90.9 cm³/mol. The molecule has 8 nitrogen and oxygen atoms in total. The Balaban J connectivity index is 2.25. The first-order valence-electron chi connectivity index (χ1n) is 7.76. The molecule has 0 bridgehead atoms. The van der Waals surface area contributed by atoms with E-state index in [1.807, 2.05) is 0 Å². The summed E-state index contributed by atoms with van der Waals surface area (Å²) in [6, 6.07) is 15.2. The fourth-order valence-electron chi connectivity index (χ4n) is 2.11. The molecule has 8 heteroatoms. The lowest BCUT2D eigenvalue weighted by Gasteiger charge is -2.22. The third kappa shape index (κ3) is 5.15. The Morgan fingerprint density at radius 2 is 1.15 bits per heavy atom. The van der Waals surface area contributed by atoms with Crippen LogP contribution in [0.1, 0.15) is 20.7 Å². The Bertz CT molecular complexity index is 816. The number of esters is 3. The first kappa shape index (κ1) is 19.6. The van der Waals surface area contributed by atoms with Crippen molar-refractivity contribution in [2.75, 3.05) is 7.11 Å². The molecule has 0 amide bonds. The van der Waals surface area contributed by atoms with Gasteiger partial charge in [-0.15, -0.1) is 0 Å². The molecule has 0 fully saturated rings. The van der Waals surface area contributed by atoms with Gasteiger partial charge in [-0.25, -0.2) is 19.2 Å². The van der Waals surface area contributed by atoms with Gasteiger partial charge >= 0.3 is 23.9 Å². The summed E-state index contributed by atoms with van der Waals surface area (Å²) >= 11 is 0. The van der Waals surface area contributed by atoms with Crippen LogP contribution in [0.3, 0.4) is 0 Å². The second-order valence-corrected chi connectivity index (χ2v) is 5.25. The number of carbonyl (C=O) groups is 4. The first-order valence-corrected chi connectivity index (χ1v) is 7.76. The van der Waals surface area contributed by atoms with Crippen LogP contribution in [0.25, 0.3) is 0 Å². The van der Waals surface area contributed by atoms with Crippen LogP contribution in [-0.4, -0.2) is 48.3 Å². The second-order valence-electron chi connectivity index (χ2n) is 5.25. The molecule has 140 valence electrons. The number of aliphatic carboxylic acids is 1. The Kier molecular flexibility index (Phi) is 6.65. The molecule has 2 atom stereocenters. The lowest BCUT2D eigenvalue weighted by atomic mass is 10.1. The number of carboxylic acid groups (broad SMARTS) is 1. The Morgan fingerprint density at radius 1 is 0.741 bits per heavy atom. The van der Waals surface area contributed by atoms with Crippen LogP contribution >= 0.6 is 0 Å². The maximum absolute atomic E-state index is 12.2. The van der Waals surface area contributed by atoms with E-state index in [2.05, 4.69) is 4.74 Å². The zero-order chi connectivity index (χ0) is 19.8. The van der Waals surface area contributed by atoms with Gasteiger partial charge in [0.1, 0.15) is 0 Å². The van der Waals surface area contributed by atoms with Crippen molar-refractivity contribution in [3.63, 3.8) is 0 Å². The molecule has 27 heavy (non-hydrogen) atoms. The van der Waals surface area contributed by atoms with E-state index in [1.165, 1.54) is 24.3 Å². The molecule has 2 aromatic rings. The van der Waals surface area contributed by atoms with Crippen molar-refractivity contribution in [2.24, 2.45) is 0 Å². The molecule has 0 radical (unpaired) electrons. The number of rotatable bonds is 7. The summed E-state index contributed by atoms with van der Waals surface area (Å²) in [5, 5.41) is 9.39. The first-order chi connectivity index (χ1) is 12.9. The van der Waals surface area contributed by atoms with Crippen LogP contribution in [0, 0.1) is 0 Å². The summed E-state index contributed by atoms with van der Waals surface area (Å²) in [5.41, 5.74) is 0.159. The van der Waals surface area contributed by atoms with Crippen LogP contribution in [0.5, 0.6) is 0 Å². The van der Waals surface area contributed by atoms with E-state index in [9.17, 15) is 24.3 Å². The van der Waals surface area contributed by atoms with Crippen molar-refractivity contribution in [1.82, 2.24) is 0 Å². The lowest BCUT2D eigenvalue weighted by Crippen LogP contribution is -2.46. The van der Waals surface area contributed by atoms with E-state index in [0.717, 1.165) is 7.11 Å². The van der Waals surface area contributed by atoms with Gasteiger partial charge < -0.3 is 19.3 Å². The van der Waals surface area contributed by atoms with Gasteiger partial charge in [-0.1, -0.05) is 36.4 Å². The molecule has 0 saturated heterocycles. The van der Waals surface area contributed by atoms with E-state index in [-0.39, 0.29) is 11.1 Å². The zero-order valence-electron chi connectivity index (χ0n) is 14.2. The topological polar surface area (TPSA) is 116 Å². The van der Waals surface area contributed by atoms with Gasteiger partial charge in [-0.2, -0.15) is 0 Å². The van der Waals surface area contributed by atoms with Crippen molar-refractivity contribution in [1.29, 1.82) is 0 Å². The highest BCUT2D eigenvalue weighted by Crippen LogP contribution is 2.14. The van der Waals surface area contributed by atoms with Crippen LogP contribution in [0.2, 0.25) is 0 Å². The van der Waals surface area contributed by atoms with Crippen LogP contribution < -0.4 is 0 Å². The van der Waals surface area contributed by atoms with Crippen molar-refractivity contribution >= 4 is 23.9 Å². The molecule has 0 aliphatic heterocycles. The molecule has 0 aliphatic carbocycles. The van der Waals surface area contributed by atoms with Gasteiger partial charge in [0, 0.05) is 0 Å². The number of ether oxygens (including phenoxy) is 3. The standard InChI is InChI=1S/C19H16O8/c1-25-19(24)15(27-18(23)13-10-6-3-7-11-13)14(16(20)21)26-17(22)12-8-4-2-5-9-12/h2-11,14-15H,1H3,(H,20,21)/t14-,15-/m0/s1. The van der Waals surface area contributed by atoms with Gasteiger partial charge in [-0.05, 0) is 24.3 Å². The molecule has 0 spiro atoms. The van der Waals surface area contributed by atoms with Gasteiger partial charge in [0.25, 0.3) is 0 Å². The smallest absolute Gasteiger partial charge is 0.351 e. The Hall–Kier alpha value is -3.68. The highest BCUT2D eigenvalue weighted by molar-refractivity contribution is 5.95. The molecular formula is C19H16O8. The molecule has 0 unspecified atom stereocenters. The Labute approximate surface area is 154 Å². The van der Waals surface area contributed by atoms with Gasteiger partial charge in [0.15, 0.2) is 0 Å². The number of carbonyl (C=O) groups excluding carboxylic acids is 3. The molecule has 2 aromatic carbocycles. The molecule has 0 aromatic heterocycles. The summed E-state index contributed by atoms with van der Waals surface area (Å²) in [6.45, 7) is 0. The molecular weight excluding hydrogens is 356 g/mol. The number of hydrogen-bond donors (Lipinski definition) is 1. The summed E-state index contributed by atoms with van der Waals surface area (Å²) in [5.74, 6) is -4.80. The quantitative estimate of drug-likeness (QED) is 0.577. The van der Waals surface area contributed by atoms with Crippen molar-refractivity contribution in [3.05, 3.63) is 71.8 Å². The molecule has 0 saturated carbocycles. The van der Waals surface area contributed by atoms with E-state index in [0.29, 0.717) is 0 Å². The summed E-state index contributed by atoms with van der Waals surface area (Å²) in [7, 11) is 0.990. The molecule has 0 heterocycles. The number of methoxy groups -OCH3 is 1. The molecule has 1 N–H and O–H groups in total. The van der Waals surface area contributed by atoms with Crippen LogP contribution in [-0.2, 0) is 23.8 Å². The van der Waals surface area contributed by atoms with Crippen molar-refractivity contribution in [3.8, 4) is 0 Å². The van der Waals surface area contributed by atoms with Gasteiger partial charge in [0.05, 0.1) is 18.2 Å². The number of benzene rings is 2. The highest BCUT2D eigenvalue weighted by Gasteiger charge is 2.41. The summed E-state index contributed by atoms with van der Waals surface area (Å²) < 4.78 is 14.4. The highest BCUT2D eigenvalue weighted by atomic mass is 16.6. The minimum Gasteiger partial charge on any atom is -0.478 e. The fraction of sp³-hybridized carbons (Fsp3) is 0.158. The normalized spacial score (nSPS) is 12.3. The zero-order valence-corrected chi connectivity index (χ0v) is 14.2. The number of carboxylic acids is 1. The van der Waals surface area contributed by atoms with E-state index in [4.69, 9.17) is 9.47 Å². The maximum Gasteiger partial charge on any atom is 0.351 e. The summed E-state index contributed by atoms with van der Waals surface area (Å²) in [4.78, 5) is 47.9. The van der Waals surface area contributed by atoms with E-state index >= 15 is 0 Å². The van der Waals surface area contributed by atoms with Crippen LogP contribution in [0.4, 0.5) is 0 Å². The number of hydrogen-bond acceptors (Lipinski definition) is 7. The minimum absolute atomic E-state index is 0.0711. The minimum atomic E-state index is -2.09. The average molecular weight is 372 g/mol. The Morgan fingerprint density at radius 3 is 1.52 bits per heavy atom. The van der Waals surface area contributed by atoms with Gasteiger partial charge in [0.2, 0.25) is 12.2 Å². The van der Waals surface area contributed by atoms with Gasteiger partial charge in [-0.3, -0.25) is 0 Å². The third-order valence-electron chi connectivity index (χ3n) is 3.44. The maximum atomic E-state index is 12.2. The largest absolute Gasteiger partial charge is 0.478 e. The monoisotopic (exact) mass is 372 g/mol. The summed E-state index contributed by atoms with van der Waals surface area (Å²) in [6.07, 6.45) is -4.06. The van der Waals surface area contributed by atoms with E-state index < -0.39 is 36.1 Å². The fourth-order valence-corrected chi connectivity index (χ4v) is 2.11. The van der Waals surface area contributed by atoms with Crippen molar-refractivity contribution < 1.29 is 38.5 Å². The van der Waals surface area contributed by atoms with Crippen molar-refractivity contribution in [2.45, 2.75) is 12.2 Å². The molecule has 2 rings (SSSR count). The average Bonchev–Trinajstić information content (AvgIpc) is 2.70. The second kappa shape index (κ2) is 9.14. The van der Waals surface area contributed by atoms with E-state index in [1.54, 1.807) is 36.4 Å². The van der Waals surface area contributed by atoms with Crippen LogP contribution in [0.15, 0.2) is 60.7 Å². The SMILES string of the molecule is COC(=O)[C@@H](OC(=O)c1ccccc1)[C@H](OC(=O)c1ccccc1)C(=O)O.